The summed E-state index contributed by atoms with van der Waals surface area (Å²) in [6.45, 7) is 12.0. The molecule has 0 bridgehead atoms. The second kappa shape index (κ2) is 10.4. The molecule has 0 aliphatic heterocycles. The van der Waals surface area contributed by atoms with Crippen LogP contribution in [0.1, 0.15) is 32.8 Å². The number of aromatic nitrogens is 1. The summed E-state index contributed by atoms with van der Waals surface area (Å²) in [5.41, 5.74) is 1.39. The molecule has 3 nitrogen and oxygen atoms in total. The van der Waals surface area contributed by atoms with Gasteiger partial charge in [-0.25, -0.2) is 0 Å². The number of hydrogen-bond donors (Lipinski definition) is 0. The SMILES string of the molecule is C[SiH](C)OC[C@@H](Oc1ccc(Br)cc1)[C@H](CCc1cccnc1)C(C)(C)C. The van der Waals surface area contributed by atoms with E-state index in [0.29, 0.717) is 12.5 Å². The summed E-state index contributed by atoms with van der Waals surface area (Å²) in [5.74, 6) is 1.27. The molecular formula is C22H32BrNO2Si. The maximum absolute atomic E-state index is 6.46. The van der Waals surface area contributed by atoms with Gasteiger partial charge >= 0.3 is 0 Å². The summed E-state index contributed by atoms with van der Waals surface area (Å²) >= 11 is 3.49. The highest BCUT2D eigenvalue weighted by atomic mass is 79.9. The first-order chi connectivity index (χ1) is 12.8. The van der Waals surface area contributed by atoms with Crippen LogP contribution < -0.4 is 4.74 Å². The van der Waals surface area contributed by atoms with Crippen LogP contribution in [0.15, 0.2) is 53.3 Å². The lowest BCUT2D eigenvalue weighted by atomic mass is 9.74. The predicted molar refractivity (Wildman–Crippen MR) is 119 cm³/mol. The van der Waals surface area contributed by atoms with E-state index < -0.39 is 9.04 Å². The Morgan fingerprint density at radius 1 is 1.11 bits per heavy atom. The molecule has 5 heteroatoms. The van der Waals surface area contributed by atoms with Gasteiger partial charge in [-0.2, -0.15) is 0 Å². The number of pyridine rings is 1. The highest BCUT2D eigenvalue weighted by Crippen LogP contribution is 2.35. The Kier molecular flexibility index (Phi) is 8.51. The van der Waals surface area contributed by atoms with Crippen LogP contribution in [-0.2, 0) is 10.8 Å². The van der Waals surface area contributed by atoms with Gasteiger partial charge < -0.3 is 9.16 Å². The zero-order valence-corrected chi connectivity index (χ0v) is 19.9. The van der Waals surface area contributed by atoms with Crippen molar-refractivity contribution in [2.45, 2.75) is 52.8 Å². The molecule has 0 radical (unpaired) electrons. The van der Waals surface area contributed by atoms with Gasteiger partial charge in [-0.05, 0) is 67.2 Å². The molecular weight excluding hydrogens is 418 g/mol. The predicted octanol–water partition coefficient (Wildman–Crippen LogP) is 5.89. The van der Waals surface area contributed by atoms with Crippen LogP contribution in [0, 0.1) is 11.3 Å². The van der Waals surface area contributed by atoms with E-state index in [0.717, 1.165) is 23.1 Å². The Bertz CT molecular complexity index is 671. The van der Waals surface area contributed by atoms with Crippen LogP contribution >= 0.6 is 15.9 Å². The van der Waals surface area contributed by atoms with Crippen molar-refractivity contribution in [1.82, 2.24) is 4.98 Å². The molecule has 0 fully saturated rings. The summed E-state index contributed by atoms with van der Waals surface area (Å²) in [6.07, 6.45) is 5.85. The lowest BCUT2D eigenvalue weighted by Crippen LogP contribution is -2.40. The number of rotatable bonds is 9. The van der Waals surface area contributed by atoms with Crippen molar-refractivity contribution in [3.05, 3.63) is 58.8 Å². The zero-order chi connectivity index (χ0) is 19.9. The molecule has 0 aliphatic rings. The molecule has 0 spiro atoms. The lowest BCUT2D eigenvalue weighted by molar-refractivity contribution is 0.0220. The van der Waals surface area contributed by atoms with Crippen LogP contribution in [0.3, 0.4) is 0 Å². The molecule has 1 aromatic heterocycles. The molecule has 148 valence electrons. The quantitative estimate of drug-likeness (QED) is 0.447. The van der Waals surface area contributed by atoms with Crippen LogP contribution in [0.25, 0.3) is 0 Å². The van der Waals surface area contributed by atoms with Crippen LogP contribution in [-0.4, -0.2) is 26.7 Å². The maximum atomic E-state index is 6.46. The molecule has 0 amide bonds. The Labute approximate surface area is 174 Å². The first-order valence-electron chi connectivity index (χ1n) is 9.68. The van der Waals surface area contributed by atoms with E-state index in [1.807, 2.05) is 42.7 Å². The second-order valence-corrected chi connectivity index (χ2v) is 11.7. The molecule has 0 saturated heterocycles. The van der Waals surface area contributed by atoms with Gasteiger partial charge in [0.2, 0.25) is 0 Å². The van der Waals surface area contributed by atoms with Crippen molar-refractivity contribution >= 4 is 25.0 Å². The summed E-state index contributed by atoms with van der Waals surface area (Å²) in [5, 5.41) is 0. The molecule has 2 atom stereocenters. The molecule has 1 aromatic carbocycles. The van der Waals surface area contributed by atoms with E-state index in [-0.39, 0.29) is 11.5 Å². The molecule has 0 aliphatic carbocycles. The van der Waals surface area contributed by atoms with E-state index in [4.69, 9.17) is 9.16 Å². The standard InChI is InChI=1S/C22H32BrNO2Si/c1-22(2,3)20(13-8-17-7-6-14-24-15-17)21(16-25-27(4)5)26-19-11-9-18(23)10-12-19/h6-7,9-12,14-15,20-21,27H,8,13,16H2,1-5H3/t20-,21+/m0/s1. The van der Waals surface area contributed by atoms with Crippen molar-refractivity contribution in [2.75, 3.05) is 6.61 Å². The normalized spacial score (nSPS) is 14.2. The third-order valence-corrected chi connectivity index (χ3v) is 6.11. The smallest absolute Gasteiger partial charge is 0.171 e. The number of aryl methyl sites for hydroxylation is 1. The van der Waals surface area contributed by atoms with Gasteiger partial charge in [0.1, 0.15) is 11.9 Å². The minimum Gasteiger partial charge on any atom is -0.488 e. The zero-order valence-electron chi connectivity index (χ0n) is 17.1. The fourth-order valence-corrected chi connectivity index (χ4v) is 4.09. The summed E-state index contributed by atoms with van der Waals surface area (Å²) in [4.78, 5) is 4.25. The maximum Gasteiger partial charge on any atom is 0.171 e. The van der Waals surface area contributed by atoms with Crippen molar-refractivity contribution in [3.8, 4) is 5.75 Å². The van der Waals surface area contributed by atoms with E-state index in [1.54, 1.807) is 0 Å². The molecule has 0 N–H and O–H groups in total. The molecule has 2 aromatic rings. The Morgan fingerprint density at radius 2 is 1.81 bits per heavy atom. The molecule has 0 saturated carbocycles. The monoisotopic (exact) mass is 449 g/mol. The Morgan fingerprint density at radius 3 is 2.37 bits per heavy atom. The molecule has 27 heavy (non-hydrogen) atoms. The minimum absolute atomic E-state index is 0.0257. The summed E-state index contributed by atoms with van der Waals surface area (Å²) in [7, 11) is -1.11. The van der Waals surface area contributed by atoms with Gasteiger partial charge in [0.25, 0.3) is 0 Å². The van der Waals surface area contributed by atoms with E-state index >= 15 is 0 Å². The Hall–Kier alpha value is -1.17. The topological polar surface area (TPSA) is 31.4 Å². The van der Waals surface area contributed by atoms with Crippen molar-refractivity contribution in [3.63, 3.8) is 0 Å². The number of halogens is 1. The van der Waals surface area contributed by atoms with Gasteiger partial charge in [0.15, 0.2) is 9.04 Å². The van der Waals surface area contributed by atoms with Crippen LogP contribution in [0.2, 0.25) is 13.1 Å². The Balaban J connectivity index is 2.18. The van der Waals surface area contributed by atoms with E-state index in [1.165, 1.54) is 5.56 Å². The van der Waals surface area contributed by atoms with E-state index in [9.17, 15) is 0 Å². The summed E-state index contributed by atoms with van der Waals surface area (Å²) in [6, 6.07) is 12.2. The van der Waals surface area contributed by atoms with Gasteiger partial charge in [-0.3, -0.25) is 4.98 Å². The molecule has 1 heterocycles. The fourth-order valence-electron chi connectivity index (χ4n) is 3.25. The van der Waals surface area contributed by atoms with E-state index in [2.05, 4.69) is 60.8 Å². The molecule has 2 rings (SSSR count). The first-order valence-corrected chi connectivity index (χ1v) is 13.3. The van der Waals surface area contributed by atoms with Crippen LogP contribution in [0.5, 0.6) is 5.75 Å². The minimum atomic E-state index is -1.11. The van der Waals surface area contributed by atoms with Gasteiger partial charge in [-0.1, -0.05) is 42.8 Å². The highest BCUT2D eigenvalue weighted by molar-refractivity contribution is 9.10. The van der Waals surface area contributed by atoms with Gasteiger partial charge in [0, 0.05) is 22.8 Å². The van der Waals surface area contributed by atoms with Gasteiger partial charge in [-0.15, -0.1) is 0 Å². The van der Waals surface area contributed by atoms with Gasteiger partial charge in [0.05, 0.1) is 6.61 Å². The van der Waals surface area contributed by atoms with Crippen LogP contribution in [0.4, 0.5) is 0 Å². The highest BCUT2D eigenvalue weighted by Gasteiger charge is 2.34. The third kappa shape index (κ3) is 7.76. The number of hydrogen-bond acceptors (Lipinski definition) is 3. The first kappa shape index (κ1) is 22.1. The van der Waals surface area contributed by atoms with Crippen molar-refractivity contribution in [1.29, 1.82) is 0 Å². The lowest BCUT2D eigenvalue weighted by Gasteiger charge is -2.37. The average Bonchev–Trinajstić information content (AvgIpc) is 2.61. The number of nitrogens with zero attached hydrogens (tertiary/aromatic N) is 1. The second-order valence-electron chi connectivity index (χ2n) is 8.36. The molecule has 0 unspecified atom stereocenters. The number of benzene rings is 1. The fraction of sp³-hybridized carbons (Fsp3) is 0.500. The largest absolute Gasteiger partial charge is 0.488 e. The summed E-state index contributed by atoms with van der Waals surface area (Å²) < 4.78 is 13.6. The average molecular weight is 450 g/mol. The number of ether oxygens (including phenoxy) is 1. The third-order valence-electron chi connectivity index (χ3n) is 4.72. The van der Waals surface area contributed by atoms with Crippen molar-refractivity contribution in [2.24, 2.45) is 11.3 Å². The van der Waals surface area contributed by atoms with Crippen molar-refractivity contribution < 1.29 is 9.16 Å².